The second kappa shape index (κ2) is 4.39. The molecule has 1 aromatic rings. The van der Waals surface area contributed by atoms with E-state index in [9.17, 15) is 4.79 Å². The molecule has 0 bridgehead atoms. The fourth-order valence-corrected chi connectivity index (χ4v) is 2.05. The van der Waals surface area contributed by atoms with Crippen molar-refractivity contribution >= 4 is 11.7 Å². The lowest BCUT2D eigenvalue weighted by Gasteiger charge is -2.29. The minimum atomic E-state index is -0.859. The van der Waals surface area contributed by atoms with Crippen molar-refractivity contribution in [1.82, 2.24) is 0 Å². The van der Waals surface area contributed by atoms with Gasteiger partial charge in [-0.1, -0.05) is 23.8 Å². The summed E-state index contributed by atoms with van der Waals surface area (Å²) in [5, 5.41) is 9.12. The molecule has 16 heavy (non-hydrogen) atoms. The zero-order chi connectivity index (χ0) is 11.5. The maximum atomic E-state index is 11.1. The van der Waals surface area contributed by atoms with Crippen molar-refractivity contribution in [3.63, 3.8) is 0 Å². The van der Waals surface area contributed by atoms with Gasteiger partial charge in [0.25, 0.3) is 0 Å². The first kappa shape index (κ1) is 10.7. The molecule has 0 amide bonds. The predicted octanol–water partition coefficient (Wildman–Crippen LogP) is 2.54. The number of nitrogens with zero attached hydrogens (tertiary/aromatic N) is 1. The Kier molecular flexibility index (Phi) is 2.95. The SMILES string of the molecule is CC1=CCCN(c2ccccc2C(=O)O)C1. The molecule has 84 valence electrons. The van der Waals surface area contributed by atoms with E-state index in [1.54, 1.807) is 12.1 Å². The van der Waals surface area contributed by atoms with Crippen LogP contribution < -0.4 is 4.90 Å². The zero-order valence-electron chi connectivity index (χ0n) is 9.31. The molecule has 1 aromatic carbocycles. The molecule has 0 saturated heterocycles. The van der Waals surface area contributed by atoms with Gasteiger partial charge in [0.15, 0.2) is 0 Å². The number of rotatable bonds is 2. The van der Waals surface area contributed by atoms with Crippen LogP contribution in [-0.4, -0.2) is 24.2 Å². The van der Waals surface area contributed by atoms with Crippen molar-refractivity contribution in [2.24, 2.45) is 0 Å². The largest absolute Gasteiger partial charge is 0.478 e. The lowest BCUT2D eigenvalue weighted by molar-refractivity contribution is 0.0697. The third-order valence-corrected chi connectivity index (χ3v) is 2.81. The van der Waals surface area contributed by atoms with Crippen LogP contribution in [0.4, 0.5) is 5.69 Å². The van der Waals surface area contributed by atoms with E-state index in [0.717, 1.165) is 25.2 Å². The van der Waals surface area contributed by atoms with Crippen LogP contribution in [0, 0.1) is 0 Å². The topological polar surface area (TPSA) is 40.5 Å². The van der Waals surface area contributed by atoms with Crippen molar-refractivity contribution in [2.45, 2.75) is 13.3 Å². The number of carboxylic acids is 1. The Morgan fingerprint density at radius 2 is 2.12 bits per heavy atom. The van der Waals surface area contributed by atoms with E-state index in [-0.39, 0.29) is 0 Å². The Balaban J connectivity index is 2.33. The van der Waals surface area contributed by atoms with Gasteiger partial charge in [-0.15, -0.1) is 0 Å². The van der Waals surface area contributed by atoms with Gasteiger partial charge < -0.3 is 10.0 Å². The quantitative estimate of drug-likeness (QED) is 0.774. The Bertz CT molecular complexity index is 437. The average molecular weight is 217 g/mol. The third kappa shape index (κ3) is 2.08. The molecule has 1 N–H and O–H groups in total. The van der Waals surface area contributed by atoms with Crippen molar-refractivity contribution in [3.8, 4) is 0 Å². The van der Waals surface area contributed by atoms with Crippen LogP contribution in [0.3, 0.4) is 0 Å². The zero-order valence-corrected chi connectivity index (χ0v) is 9.31. The van der Waals surface area contributed by atoms with E-state index in [2.05, 4.69) is 17.9 Å². The van der Waals surface area contributed by atoms with Crippen LogP contribution >= 0.6 is 0 Å². The maximum Gasteiger partial charge on any atom is 0.337 e. The summed E-state index contributed by atoms with van der Waals surface area (Å²) in [7, 11) is 0. The number of hydrogen-bond acceptors (Lipinski definition) is 2. The van der Waals surface area contributed by atoms with Crippen molar-refractivity contribution in [2.75, 3.05) is 18.0 Å². The van der Waals surface area contributed by atoms with Crippen molar-refractivity contribution < 1.29 is 9.90 Å². The minimum absolute atomic E-state index is 0.386. The van der Waals surface area contributed by atoms with Crippen LogP contribution in [0.5, 0.6) is 0 Å². The molecular weight excluding hydrogens is 202 g/mol. The lowest BCUT2D eigenvalue weighted by Crippen LogP contribution is -2.30. The van der Waals surface area contributed by atoms with E-state index in [1.807, 2.05) is 12.1 Å². The molecule has 2 rings (SSSR count). The molecule has 0 aliphatic carbocycles. The number of hydrogen-bond donors (Lipinski definition) is 1. The van der Waals surface area contributed by atoms with Gasteiger partial charge in [0.2, 0.25) is 0 Å². The smallest absolute Gasteiger partial charge is 0.337 e. The monoisotopic (exact) mass is 217 g/mol. The third-order valence-electron chi connectivity index (χ3n) is 2.81. The highest BCUT2D eigenvalue weighted by Crippen LogP contribution is 2.23. The summed E-state index contributed by atoms with van der Waals surface area (Å²) in [4.78, 5) is 13.2. The Hall–Kier alpha value is -1.77. The average Bonchev–Trinajstić information content (AvgIpc) is 2.29. The highest BCUT2D eigenvalue weighted by molar-refractivity contribution is 5.94. The summed E-state index contributed by atoms with van der Waals surface area (Å²) < 4.78 is 0. The van der Waals surface area contributed by atoms with Gasteiger partial charge in [0, 0.05) is 13.1 Å². The second-order valence-electron chi connectivity index (χ2n) is 4.08. The normalized spacial score (nSPS) is 15.8. The van der Waals surface area contributed by atoms with E-state index < -0.39 is 5.97 Å². The molecule has 1 aliphatic rings. The molecule has 0 spiro atoms. The standard InChI is InChI=1S/C13H15NO2/c1-10-5-4-8-14(9-10)12-7-3-2-6-11(12)13(15)16/h2-3,5-7H,4,8-9H2,1H3,(H,15,16). The molecule has 0 saturated carbocycles. The summed E-state index contributed by atoms with van der Waals surface area (Å²) in [5.41, 5.74) is 2.51. The number of aromatic carboxylic acids is 1. The first-order valence-corrected chi connectivity index (χ1v) is 5.41. The first-order chi connectivity index (χ1) is 7.68. The van der Waals surface area contributed by atoms with Crippen LogP contribution in [0.2, 0.25) is 0 Å². The highest BCUT2D eigenvalue weighted by atomic mass is 16.4. The number of benzene rings is 1. The molecule has 0 aromatic heterocycles. The van der Waals surface area contributed by atoms with Crippen molar-refractivity contribution in [3.05, 3.63) is 41.5 Å². The van der Waals surface area contributed by atoms with Gasteiger partial charge in [-0.05, 0) is 25.5 Å². The van der Waals surface area contributed by atoms with Crippen molar-refractivity contribution in [1.29, 1.82) is 0 Å². The number of carbonyl (C=O) groups is 1. The van der Waals surface area contributed by atoms with E-state index in [0.29, 0.717) is 5.56 Å². The fraction of sp³-hybridized carbons (Fsp3) is 0.308. The molecule has 1 aliphatic heterocycles. The van der Waals surface area contributed by atoms with Gasteiger partial charge in [0.05, 0.1) is 11.3 Å². The van der Waals surface area contributed by atoms with E-state index in [4.69, 9.17) is 5.11 Å². The maximum absolute atomic E-state index is 11.1. The van der Waals surface area contributed by atoms with Gasteiger partial charge >= 0.3 is 5.97 Å². The lowest BCUT2D eigenvalue weighted by atomic mass is 10.1. The highest BCUT2D eigenvalue weighted by Gasteiger charge is 2.16. The fourth-order valence-electron chi connectivity index (χ4n) is 2.05. The predicted molar refractivity (Wildman–Crippen MR) is 64.0 cm³/mol. The summed E-state index contributed by atoms with van der Waals surface area (Å²) in [5.74, 6) is -0.859. The van der Waals surface area contributed by atoms with Gasteiger partial charge in [-0.2, -0.15) is 0 Å². The minimum Gasteiger partial charge on any atom is -0.478 e. The Morgan fingerprint density at radius 1 is 1.38 bits per heavy atom. The molecule has 3 nitrogen and oxygen atoms in total. The van der Waals surface area contributed by atoms with Gasteiger partial charge in [-0.25, -0.2) is 4.79 Å². The number of carboxylic acid groups (broad SMARTS) is 1. The summed E-state index contributed by atoms with van der Waals surface area (Å²) in [6.45, 7) is 3.79. The molecule has 0 radical (unpaired) electrons. The summed E-state index contributed by atoms with van der Waals surface area (Å²) in [6.07, 6.45) is 3.19. The van der Waals surface area contributed by atoms with Gasteiger partial charge in [0.1, 0.15) is 0 Å². The second-order valence-corrected chi connectivity index (χ2v) is 4.08. The molecule has 0 fully saturated rings. The van der Waals surface area contributed by atoms with Gasteiger partial charge in [-0.3, -0.25) is 0 Å². The van der Waals surface area contributed by atoms with E-state index in [1.165, 1.54) is 5.57 Å². The molecule has 1 heterocycles. The summed E-state index contributed by atoms with van der Waals surface area (Å²) in [6, 6.07) is 7.18. The summed E-state index contributed by atoms with van der Waals surface area (Å²) >= 11 is 0. The van der Waals surface area contributed by atoms with Crippen LogP contribution in [0.15, 0.2) is 35.9 Å². The van der Waals surface area contributed by atoms with Crippen LogP contribution in [0.25, 0.3) is 0 Å². The molecule has 3 heteroatoms. The van der Waals surface area contributed by atoms with E-state index >= 15 is 0 Å². The number of para-hydroxylation sites is 1. The Morgan fingerprint density at radius 3 is 2.81 bits per heavy atom. The Labute approximate surface area is 95.0 Å². The first-order valence-electron chi connectivity index (χ1n) is 5.41. The molecule has 0 unspecified atom stereocenters. The van der Waals surface area contributed by atoms with Crippen LogP contribution in [0.1, 0.15) is 23.7 Å². The number of anilines is 1. The van der Waals surface area contributed by atoms with Crippen LogP contribution in [-0.2, 0) is 0 Å². The molecule has 0 atom stereocenters. The molecular formula is C13H15NO2.